The molecule has 1 heterocycles. The molecule has 1 saturated carbocycles. The molecule has 6 heteroatoms. The van der Waals surface area contributed by atoms with Gasteiger partial charge in [0.2, 0.25) is 0 Å². The van der Waals surface area contributed by atoms with E-state index in [-0.39, 0.29) is 17.5 Å². The Morgan fingerprint density at radius 3 is 2.75 bits per heavy atom. The summed E-state index contributed by atoms with van der Waals surface area (Å²) in [5.74, 6) is 0.0871. The number of nitrogens with one attached hydrogen (secondary N) is 1. The van der Waals surface area contributed by atoms with Crippen LogP contribution in [0.25, 0.3) is 6.08 Å². The van der Waals surface area contributed by atoms with Gasteiger partial charge in [0.15, 0.2) is 0 Å². The summed E-state index contributed by atoms with van der Waals surface area (Å²) in [6.07, 6.45) is 5.92. The number of aryl methyl sites for hydroxylation is 1. The molecule has 3 rings (SSSR count). The van der Waals surface area contributed by atoms with Crippen molar-refractivity contribution in [1.82, 2.24) is 15.1 Å². The highest BCUT2D eigenvalue weighted by atomic mass is 35.5. The first-order chi connectivity index (χ1) is 13.5. The summed E-state index contributed by atoms with van der Waals surface area (Å²) >= 11 is 6.52. The summed E-state index contributed by atoms with van der Waals surface area (Å²) in [5.41, 5.74) is 2.43. The molecule has 146 valence electrons. The van der Waals surface area contributed by atoms with Crippen molar-refractivity contribution in [2.24, 2.45) is 5.92 Å². The van der Waals surface area contributed by atoms with Gasteiger partial charge in [-0.25, -0.2) is 4.68 Å². The number of rotatable bonds is 5. The lowest BCUT2D eigenvalue weighted by molar-refractivity contribution is -0.118. The third-order valence-corrected chi connectivity index (χ3v) is 5.76. The second kappa shape index (κ2) is 9.07. The van der Waals surface area contributed by atoms with E-state index in [4.69, 9.17) is 11.6 Å². The van der Waals surface area contributed by atoms with E-state index >= 15 is 0 Å². The van der Waals surface area contributed by atoms with E-state index in [2.05, 4.69) is 17.3 Å². The number of benzene rings is 1. The highest BCUT2D eigenvalue weighted by Crippen LogP contribution is 2.26. The molecule has 1 fully saturated rings. The van der Waals surface area contributed by atoms with Crippen LogP contribution in [0.4, 0.5) is 0 Å². The van der Waals surface area contributed by atoms with Crippen LogP contribution in [0.15, 0.2) is 35.9 Å². The molecule has 1 aliphatic rings. The van der Waals surface area contributed by atoms with Gasteiger partial charge < -0.3 is 5.32 Å². The SMILES string of the molecule is Cc1nn(Cc2ccccc2)c(Cl)c1/C=C(\C#N)C(=O)N[C@H]1CCCC[C@H]1C. The summed E-state index contributed by atoms with van der Waals surface area (Å²) in [5, 5.41) is 17.5. The monoisotopic (exact) mass is 396 g/mol. The minimum atomic E-state index is -0.340. The first kappa shape index (κ1) is 20.2. The second-order valence-electron chi connectivity index (χ2n) is 7.44. The lowest BCUT2D eigenvalue weighted by atomic mass is 9.86. The van der Waals surface area contributed by atoms with Gasteiger partial charge in [0.25, 0.3) is 5.91 Å². The Hall–Kier alpha value is -2.58. The predicted octanol–water partition coefficient (Wildman–Crippen LogP) is 4.50. The van der Waals surface area contributed by atoms with Crippen molar-refractivity contribution in [3.63, 3.8) is 0 Å². The van der Waals surface area contributed by atoms with Gasteiger partial charge in [-0.3, -0.25) is 4.79 Å². The Kier molecular flexibility index (Phi) is 6.53. The fourth-order valence-electron chi connectivity index (χ4n) is 3.66. The van der Waals surface area contributed by atoms with Gasteiger partial charge in [-0.15, -0.1) is 0 Å². The number of hydrogen-bond acceptors (Lipinski definition) is 3. The maximum absolute atomic E-state index is 12.6. The fraction of sp³-hybridized carbons (Fsp3) is 0.409. The quantitative estimate of drug-likeness (QED) is 0.597. The number of amides is 1. The third-order valence-electron chi connectivity index (χ3n) is 5.37. The van der Waals surface area contributed by atoms with E-state index in [1.54, 1.807) is 10.8 Å². The Balaban J connectivity index is 1.80. The standard InChI is InChI=1S/C22H25ClN4O/c1-15-8-6-7-11-20(15)25-22(28)18(13-24)12-19-16(2)26-27(21(19)23)14-17-9-4-3-5-10-17/h3-5,9-10,12,15,20H,6-8,11,14H2,1-2H3,(H,25,28)/b18-12+/t15-,20+/m1/s1. The van der Waals surface area contributed by atoms with Crippen LogP contribution in [-0.2, 0) is 11.3 Å². The van der Waals surface area contributed by atoms with E-state index in [9.17, 15) is 10.1 Å². The van der Waals surface area contributed by atoms with Gasteiger partial charge in [-0.2, -0.15) is 10.4 Å². The van der Waals surface area contributed by atoms with Crippen molar-refractivity contribution in [3.05, 3.63) is 57.9 Å². The molecular formula is C22H25ClN4O. The molecule has 28 heavy (non-hydrogen) atoms. The molecule has 1 aromatic heterocycles. The molecular weight excluding hydrogens is 372 g/mol. The van der Waals surface area contributed by atoms with Crippen LogP contribution in [0.5, 0.6) is 0 Å². The maximum Gasteiger partial charge on any atom is 0.262 e. The fourth-order valence-corrected chi connectivity index (χ4v) is 3.95. The second-order valence-corrected chi connectivity index (χ2v) is 7.80. The zero-order valence-corrected chi connectivity index (χ0v) is 17.0. The minimum Gasteiger partial charge on any atom is -0.348 e. The molecule has 0 bridgehead atoms. The Labute approximate surface area is 171 Å². The molecule has 1 aromatic carbocycles. The molecule has 0 saturated heterocycles. The van der Waals surface area contributed by atoms with Gasteiger partial charge in [0.05, 0.1) is 12.2 Å². The van der Waals surface area contributed by atoms with Crippen molar-refractivity contribution in [3.8, 4) is 6.07 Å². The number of halogens is 1. The van der Waals surface area contributed by atoms with E-state index in [0.29, 0.717) is 28.9 Å². The lowest BCUT2D eigenvalue weighted by Gasteiger charge is -2.29. The zero-order valence-electron chi connectivity index (χ0n) is 16.3. The van der Waals surface area contributed by atoms with Crippen molar-refractivity contribution in [1.29, 1.82) is 5.26 Å². The molecule has 0 radical (unpaired) electrons. The van der Waals surface area contributed by atoms with Crippen LogP contribution in [0.1, 0.15) is 49.4 Å². The first-order valence-corrected chi connectivity index (χ1v) is 10.1. The highest BCUT2D eigenvalue weighted by Gasteiger charge is 2.24. The van der Waals surface area contributed by atoms with Gasteiger partial charge in [-0.1, -0.05) is 61.7 Å². The van der Waals surface area contributed by atoms with Crippen LogP contribution in [0.3, 0.4) is 0 Å². The molecule has 1 N–H and O–H groups in total. The van der Waals surface area contributed by atoms with Crippen LogP contribution in [-0.4, -0.2) is 21.7 Å². The number of carbonyl (C=O) groups excluding carboxylic acids is 1. The molecule has 0 spiro atoms. The Morgan fingerprint density at radius 2 is 2.07 bits per heavy atom. The largest absolute Gasteiger partial charge is 0.348 e. The first-order valence-electron chi connectivity index (χ1n) is 9.69. The van der Waals surface area contributed by atoms with Crippen molar-refractivity contribution < 1.29 is 4.79 Å². The lowest BCUT2D eigenvalue weighted by Crippen LogP contribution is -2.41. The van der Waals surface area contributed by atoms with Crippen molar-refractivity contribution in [2.75, 3.05) is 0 Å². The molecule has 5 nitrogen and oxygen atoms in total. The van der Waals surface area contributed by atoms with Crippen LogP contribution in [0, 0.1) is 24.2 Å². The summed E-state index contributed by atoms with van der Waals surface area (Å²) in [6, 6.07) is 12.0. The Morgan fingerprint density at radius 1 is 1.36 bits per heavy atom. The number of aromatic nitrogens is 2. The highest BCUT2D eigenvalue weighted by molar-refractivity contribution is 6.31. The molecule has 1 aliphatic carbocycles. The summed E-state index contributed by atoms with van der Waals surface area (Å²) in [6.45, 7) is 4.51. The van der Waals surface area contributed by atoms with Gasteiger partial charge in [0, 0.05) is 11.6 Å². The predicted molar refractivity (Wildman–Crippen MR) is 111 cm³/mol. The van der Waals surface area contributed by atoms with Crippen molar-refractivity contribution >= 4 is 23.6 Å². The van der Waals surface area contributed by atoms with E-state index < -0.39 is 0 Å². The number of hydrogen-bond donors (Lipinski definition) is 1. The summed E-state index contributed by atoms with van der Waals surface area (Å²) in [7, 11) is 0. The molecule has 1 amide bonds. The van der Waals surface area contributed by atoms with Gasteiger partial charge in [-0.05, 0) is 37.3 Å². The maximum atomic E-state index is 12.6. The number of carbonyl (C=O) groups is 1. The average molecular weight is 397 g/mol. The van der Waals surface area contributed by atoms with Gasteiger partial charge in [0.1, 0.15) is 16.8 Å². The zero-order chi connectivity index (χ0) is 20.1. The Bertz CT molecular complexity index is 911. The number of nitrogens with zero attached hydrogens (tertiary/aromatic N) is 3. The molecule has 0 aliphatic heterocycles. The molecule has 2 aromatic rings. The van der Waals surface area contributed by atoms with Crippen molar-refractivity contribution in [2.45, 2.75) is 52.1 Å². The van der Waals surface area contributed by atoms with Crippen LogP contribution < -0.4 is 5.32 Å². The van der Waals surface area contributed by atoms with E-state index in [0.717, 1.165) is 24.8 Å². The van der Waals surface area contributed by atoms with E-state index in [1.807, 2.05) is 43.3 Å². The van der Waals surface area contributed by atoms with Gasteiger partial charge >= 0.3 is 0 Å². The summed E-state index contributed by atoms with van der Waals surface area (Å²) < 4.78 is 1.69. The third kappa shape index (κ3) is 4.63. The summed E-state index contributed by atoms with van der Waals surface area (Å²) in [4.78, 5) is 12.6. The molecule has 0 unspecified atom stereocenters. The average Bonchev–Trinajstić information content (AvgIpc) is 2.95. The normalized spacial score (nSPS) is 19.9. The topological polar surface area (TPSA) is 70.7 Å². The smallest absolute Gasteiger partial charge is 0.262 e. The van der Waals surface area contributed by atoms with Crippen LogP contribution >= 0.6 is 11.6 Å². The minimum absolute atomic E-state index is 0.0574. The van der Waals surface area contributed by atoms with Crippen LogP contribution in [0.2, 0.25) is 5.15 Å². The van der Waals surface area contributed by atoms with E-state index in [1.165, 1.54) is 6.42 Å². The number of nitriles is 1. The molecule has 2 atom stereocenters.